The Bertz CT molecular complexity index is 1130. The highest BCUT2D eigenvalue weighted by atomic mass is 35.5. The molecule has 0 amide bonds. The summed E-state index contributed by atoms with van der Waals surface area (Å²) in [6.45, 7) is 2.29. The van der Waals surface area contributed by atoms with Gasteiger partial charge >= 0.3 is 6.36 Å². The monoisotopic (exact) mass is 466 g/mol. The van der Waals surface area contributed by atoms with E-state index in [2.05, 4.69) is 14.7 Å². The van der Waals surface area contributed by atoms with Crippen LogP contribution in [0.5, 0.6) is 5.75 Å². The number of aryl methyl sites for hydroxylation is 1. The van der Waals surface area contributed by atoms with E-state index < -0.39 is 6.36 Å². The first-order chi connectivity index (χ1) is 14.7. The summed E-state index contributed by atoms with van der Waals surface area (Å²) < 4.78 is 46.6. The number of rotatable bonds is 4. The highest BCUT2D eigenvalue weighted by Gasteiger charge is 2.31. The van der Waals surface area contributed by atoms with Crippen LogP contribution < -0.4 is 4.74 Å². The molecule has 160 valence electrons. The molecule has 0 radical (unpaired) electrons. The number of pyridine rings is 1. The lowest BCUT2D eigenvalue weighted by Crippen LogP contribution is -2.16. The lowest BCUT2D eigenvalue weighted by Gasteiger charge is -2.12. The van der Waals surface area contributed by atoms with Crippen LogP contribution in [-0.2, 0) is 4.74 Å². The molecule has 4 nitrogen and oxygen atoms in total. The molecule has 31 heavy (non-hydrogen) atoms. The first-order valence-electron chi connectivity index (χ1n) is 9.18. The van der Waals surface area contributed by atoms with Crippen molar-refractivity contribution < 1.29 is 22.6 Å². The number of ether oxygens (including phenoxy) is 2. The van der Waals surface area contributed by atoms with Crippen molar-refractivity contribution in [3.05, 3.63) is 81.6 Å². The van der Waals surface area contributed by atoms with Gasteiger partial charge in [-0.2, -0.15) is 0 Å². The molecule has 0 spiro atoms. The average molecular weight is 467 g/mol. The largest absolute Gasteiger partial charge is 0.573 e. The van der Waals surface area contributed by atoms with Gasteiger partial charge in [0.1, 0.15) is 18.4 Å². The van der Waals surface area contributed by atoms with Gasteiger partial charge in [-0.05, 0) is 41.3 Å². The fraction of sp³-hybridized carbons (Fsp3) is 0.182. The predicted octanol–water partition coefficient (Wildman–Crippen LogP) is 6.78. The lowest BCUT2D eigenvalue weighted by molar-refractivity contribution is -0.274. The molecule has 0 bridgehead atoms. The van der Waals surface area contributed by atoms with Crippen molar-refractivity contribution in [2.75, 3.05) is 6.61 Å². The molecule has 2 aromatic carbocycles. The zero-order valence-electron chi connectivity index (χ0n) is 16.1. The molecular weight excluding hydrogens is 452 g/mol. The number of halogens is 5. The van der Waals surface area contributed by atoms with E-state index in [0.29, 0.717) is 28.1 Å². The fourth-order valence-electron chi connectivity index (χ4n) is 3.36. The summed E-state index contributed by atoms with van der Waals surface area (Å²) in [5.41, 5.74) is 4.08. The molecule has 1 atom stereocenters. The summed E-state index contributed by atoms with van der Waals surface area (Å²) in [5, 5.41) is 0.717. The zero-order valence-corrected chi connectivity index (χ0v) is 17.6. The highest BCUT2D eigenvalue weighted by Crippen LogP contribution is 2.34. The maximum atomic E-state index is 12.3. The van der Waals surface area contributed by atoms with Crippen molar-refractivity contribution >= 4 is 29.1 Å². The second-order valence-corrected chi connectivity index (χ2v) is 7.70. The number of hydrogen-bond donors (Lipinski definition) is 0. The smallest absolute Gasteiger partial charge is 0.475 e. The first kappa shape index (κ1) is 21.5. The summed E-state index contributed by atoms with van der Waals surface area (Å²) in [5.74, 6) is 0.106. The molecule has 4 rings (SSSR count). The Morgan fingerprint density at radius 2 is 1.65 bits per heavy atom. The fourth-order valence-corrected chi connectivity index (χ4v) is 3.89. The first-order valence-corrected chi connectivity index (χ1v) is 9.93. The number of alkyl halides is 3. The summed E-state index contributed by atoms with van der Waals surface area (Å²) in [7, 11) is 0. The molecule has 1 aromatic heterocycles. The van der Waals surface area contributed by atoms with Crippen molar-refractivity contribution in [2.45, 2.75) is 19.3 Å². The van der Waals surface area contributed by atoms with E-state index in [9.17, 15) is 13.2 Å². The Morgan fingerprint density at radius 1 is 1.00 bits per heavy atom. The minimum absolute atomic E-state index is 0.230. The summed E-state index contributed by atoms with van der Waals surface area (Å²) in [4.78, 5) is 8.56. The van der Waals surface area contributed by atoms with E-state index >= 15 is 0 Å². The van der Waals surface area contributed by atoms with Crippen molar-refractivity contribution in [3.8, 4) is 16.9 Å². The summed E-state index contributed by atoms with van der Waals surface area (Å²) in [6.07, 6.45) is -1.76. The molecule has 2 heterocycles. The average Bonchev–Trinajstić information content (AvgIpc) is 3.16. The second kappa shape index (κ2) is 8.40. The Labute approximate surface area is 186 Å². The van der Waals surface area contributed by atoms with Crippen LogP contribution in [0.1, 0.15) is 22.7 Å². The van der Waals surface area contributed by atoms with Crippen LogP contribution in [-0.4, -0.2) is 23.9 Å². The highest BCUT2D eigenvalue weighted by molar-refractivity contribution is 6.39. The number of benzene rings is 2. The minimum atomic E-state index is -4.72. The van der Waals surface area contributed by atoms with E-state index in [-0.39, 0.29) is 11.8 Å². The number of aliphatic imine (C=N–C) groups is 1. The molecule has 3 aromatic rings. The van der Waals surface area contributed by atoms with E-state index in [1.165, 1.54) is 24.5 Å². The Hall–Kier alpha value is -2.77. The van der Waals surface area contributed by atoms with E-state index in [1.807, 2.05) is 25.1 Å². The van der Waals surface area contributed by atoms with E-state index in [4.69, 9.17) is 27.9 Å². The van der Waals surface area contributed by atoms with Gasteiger partial charge in [0.25, 0.3) is 0 Å². The normalized spacial score (nSPS) is 16.1. The van der Waals surface area contributed by atoms with Gasteiger partial charge in [0, 0.05) is 12.4 Å². The second-order valence-electron chi connectivity index (χ2n) is 6.88. The van der Waals surface area contributed by atoms with Crippen LogP contribution >= 0.6 is 23.2 Å². The van der Waals surface area contributed by atoms with Gasteiger partial charge in [0.15, 0.2) is 0 Å². The van der Waals surface area contributed by atoms with Crippen molar-refractivity contribution in [1.82, 2.24) is 4.98 Å². The molecule has 0 aliphatic carbocycles. The molecule has 0 fully saturated rings. The number of nitrogens with zero attached hydrogens (tertiary/aromatic N) is 2. The molecule has 9 heteroatoms. The van der Waals surface area contributed by atoms with Crippen molar-refractivity contribution in [1.29, 1.82) is 0 Å². The van der Waals surface area contributed by atoms with Crippen LogP contribution in [0.3, 0.4) is 0 Å². The van der Waals surface area contributed by atoms with Gasteiger partial charge in [-0.1, -0.05) is 53.5 Å². The van der Waals surface area contributed by atoms with E-state index in [0.717, 1.165) is 22.3 Å². The third-order valence-corrected chi connectivity index (χ3v) is 5.34. The van der Waals surface area contributed by atoms with Crippen LogP contribution in [0, 0.1) is 6.92 Å². The molecule has 0 saturated carbocycles. The predicted molar refractivity (Wildman–Crippen MR) is 113 cm³/mol. The maximum Gasteiger partial charge on any atom is 0.573 e. The summed E-state index contributed by atoms with van der Waals surface area (Å²) >= 11 is 12.4. The molecule has 1 aliphatic heterocycles. The van der Waals surface area contributed by atoms with Crippen molar-refractivity contribution in [3.63, 3.8) is 0 Å². The quantitative estimate of drug-likeness (QED) is 0.425. The van der Waals surface area contributed by atoms with Gasteiger partial charge < -0.3 is 9.47 Å². The number of hydrogen-bond acceptors (Lipinski definition) is 4. The minimum Gasteiger partial charge on any atom is -0.475 e. The number of aromatic nitrogens is 1. The topological polar surface area (TPSA) is 43.7 Å². The van der Waals surface area contributed by atoms with Crippen molar-refractivity contribution in [2.24, 2.45) is 4.99 Å². The molecule has 0 N–H and O–H groups in total. The zero-order chi connectivity index (χ0) is 22.2. The maximum absolute atomic E-state index is 12.3. The SMILES string of the molecule is Cc1cc(-c2ccc(OC(F)(F)F)cc2)ccc1C1COC(c2c(Cl)cncc2Cl)=N1. The molecule has 1 aliphatic rings. The molecule has 0 saturated heterocycles. The summed E-state index contributed by atoms with van der Waals surface area (Å²) in [6, 6.07) is 11.3. The van der Waals surface area contributed by atoms with Gasteiger partial charge in [0.2, 0.25) is 5.90 Å². The van der Waals surface area contributed by atoms with Crippen LogP contribution in [0.25, 0.3) is 11.1 Å². The Morgan fingerprint density at radius 3 is 2.26 bits per heavy atom. The molecular formula is C22H15Cl2F3N2O2. The lowest BCUT2D eigenvalue weighted by atomic mass is 9.96. The standard InChI is InChI=1S/C22H15Cl2F3N2O2/c1-12-8-14(13-2-5-15(6-3-13)31-22(25,26)27)4-7-16(12)19-11-30-21(29-19)20-17(23)9-28-10-18(20)24/h2-10,19H,11H2,1H3. The van der Waals surface area contributed by atoms with Crippen LogP contribution in [0.4, 0.5) is 13.2 Å². The Kier molecular flexibility index (Phi) is 5.81. The Balaban J connectivity index is 1.56. The van der Waals surface area contributed by atoms with E-state index in [1.54, 1.807) is 12.1 Å². The molecule has 1 unspecified atom stereocenters. The third-order valence-electron chi connectivity index (χ3n) is 4.77. The van der Waals surface area contributed by atoms with Crippen LogP contribution in [0.2, 0.25) is 10.0 Å². The van der Waals surface area contributed by atoms with Gasteiger partial charge in [0.05, 0.1) is 15.6 Å². The van der Waals surface area contributed by atoms with Gasteiger partial charge in [-0.15, -0.1) is 13.2 Å². The van der Waals surface area contributed by atoms with Crippen LogP contribution in [0.15, 0.2) is 59.9 Å². The van der Waals surface area contributed by atoms with Gasteiger partial charge in [-0.3, -0.25) is 4.98 Å². The van der Waals surface area contributed by atoms with Gasteiger partial charge in [-0.25, -0.2) is 4.99 Å². The third kappa shape index (κ3) is 4.78.